The SMILES string of the molecule is C[C@H]1C[C@@H](c2cnc(N)cn2)CCO1. The van der Waals surface area contributed by atoms with E-state index in [9.17, 15) is 0 Å². The average Bonchev–Trinajstić information content (AvgIpc) is 2.19. The van der Waals surface area contributed by atoms with E-state index >= 15 is 0 Å². The summed E-state index contributed by atoms with van der Waals surface area (Å²) in [6.07, 6.45) is 5.78. The summed E-state index contributed by atoms with van der Waals surface area (Å²) in [6.45, 7) is 2.91. The third-order valence-corrected chi connectivity index (χ3v) is 2.60. The number of nitrogens with zero attached hydrogens (tertiary/aromatic N) is 2. The van der Waals surface area contributed by atoms with E-state index in [0.29, 0.717) is 17.8 Å². The summed E-state index contributed by atoms with van der Waals surface area (Å²) >= 11 is 0. The van der Waals surface area contributed by atoms with Crippen molar-refractivity contribution in [3.63, 3.8) is 0 Å². The molecule has 2 atom stereocenters. The van der Waals surface area contributed by atoms with E-state index in [1.165, 1.54) is 0 Å². The van der Waals surface area contributed by atoms with Crippen molar-refractivity contribution in [2.24, 2.45) is 0 Å². The van der Waals surface area contributed by atoms with Gasteiger partial charge in [0.1, 0.15) is 5.82 Å². The highest BCUT2D eigenvalue weighted by Crippen LogP contribution is 2.28. The van der Waals surface area contributed by atoms with Crippen molar-refractivity contribution >= 4 is 5.82 Å². The Balaban J connectivity index is 2.10. The minimum atomic E-state index is 0.327. The van der Waals surface area contributed by atoms with Gasteiger partial charge in [0.25, 0.3) is 0 Å². The third-order valence-electron chi connectivity index (χ3n) is 2.60. The van der Waals surface area contributed by atoms with E-state index in [1.807, 2.05) is 0 Å². The van der Waals surface area contributed by atoms with Gasteiger partial charge in [0.15, 0.2) is 0 Å². The molecule has 0 saturated carbocycles. The van der Waals surface area contributed by atoms with Gasteiger partial charge < -0.3 is 10.5 Å². The molecule has 0 amide bonds. The van der Waals surface area contributed by atoms with Crippen LogP contribution in [0.15, 0.2) is 12.4 Å². The quantitative estimate of drug-likeness (QED) is 0.731. The monoisotopic (exact) mass is 193 g/mol. The van der Waals surface area contributed by atoms with E-state index in [1.54, 1.807) is 12.4 Å². The molecule has 0 aromatic carbocycles. The van der Waals surface area contributed by atoms with Crippen LogP contribution in [0.4, 0.5) is 5.82 Å². The molecule has 1 aromatic rings. The van der Waals surface area contributed by atoms with Crippen molar-refractivity contribution in [1.29, 1.82) is 0 Å². The maximum absolute atomic E-state index is 5.49. The largest absolute Gasteiger partial charge is 0.382 e. The number of hydrogen-bond acceptors (Lipinski definition) is 4. The number of aromatic nitrogens is 2. The van der Waals surface area contributed by atoms with Crippen LogP contribution in [0.2, 0.25) is 0 Å². The summed E-state index contributed by atoms with van der Waals surface area (Å²) in [5.41, 5.74) is 6.52. The Kier molecular flexibility index (Phi) is 2.63. The zero-order chi connectivity index (χ0) is 9.97. The van der Waals surface area contributed by atoms with E-state index in [2.05, 4.69) is 16.9 Å². The van der Waals surface area contributed by atoms with E-state index < -0.39 is 0 Å². The lowest BCUT2D eigenvalue weighted by molar-refractivity contribution is 0.0179. The number of nitrogen functional groups attached to an aromatic ring is 1. The Hall–Kier alpha value is -1.16. The van der Waals surface area contributed by atoms with Crippen LogP contribution in [0.1, 0.15) is 31.4 Å². The topological polar surface area (TPSA) is 61.0 Å². The van der Waals surface area contributed by atoms with Gasteiger partial charge >= 0.3 is 0 Å². The summed E-state index contributed by atoms with van der Waals surface area (Å²) < 4.78 is 5.48. The Bertz CT molecular complexity index is 299. The molecule has 1 aromatic heterocycles. The lowest BCUT2D eigenvalue weighted by atomic mass is 9.93. The van der Waals surface area contributed by atoms with Crippen molar-refractivity contribution in [3.8, 4) is 0 Å². The second-order valence-electron chi connectivity index (χ2n) is 3.77. The molecule has 14 heavy (non-hydrogen) atoms. The van der Waals surface area contributed by atoms with Crippen LogP contribution >= 0.6 is 0 Å². The van der Waals surface area contributed by atoms with Gasteiger partial charge in [-0.3, -0.25) is 4.98 Å². The molecule has 2 rings (SSSR count). The van der Waals surface area contributed by atoms with Crippen LogP contribution in [0.5, 0.6) is 0 Å². The predicted molar refractivity (Wildman–Crippen MR) is 53.8 cm³/mol. The third kappa shape index (κ3) is 2.01. The fourth-order valence-electron chi connectivity index (χ4n) is 1.83. The second kappa shape index (κ2) is 3.92. The molecule has 0 aliphatic carbocycles. The van der Waals surface area contributed by atoms with Crippen LogP contribution in [0.25, 0.3) is 0 Å². The van der Waals surface area contributed by atoms with Crippen LogP contribution < -0.4 is 5.73 Å². The van der Waals surface area contributed by atoms with Gasteiger partial charge in [-0.2, -0.15) is 0 Å². The first kappa shape index (κ1) is 9.40. The summed E-state index contributed by atoms with van der Waals surface area (Å²) in [4.78, 5) is 8.35. The Morgan fingerprint density at radius 2 is 2.29 bits per heavy atom. The molecule has 1 saturated heterocycles. The van der Waals surface area contributed by atoms with Crippen LogP contribution in [0, 0.1) is 0 Å². The fraction of sp³-hybridized carbons (Fsp3) is 0.600. The zero-order valence-electron chi connectivity index (χ0n) is 8.31. The van der Waals surface area contributed by atoms with Gasteiger partial charge in [-0.25, -0.2) is 4.98 Å². The van der Waals surface area contributed by atoms with Crippen LogP contribution in [0.3, 0.4) is 0 Å². The van der Waals surface area contributed by atoms with Gasteiger partial charge in [-0.05, 0) is 19.8 Å². The highest BCUT2D eigenvalue weighted by Gasteiger charge is 2.21. The fourth-order valence-corrected chi connectivity index (χ4v) is 1.83. The molecule has 0 radical (unpaired) electrons. The van der Waals surface area contributed by atoms with Gasteiger partial charge in [0.2, 0.25) is 0 Å². The molecule has 4 nitrogen and oxygen atoms in total. The Labute approximate surface area is 83.5 Å². The summed E-state index contributed by atoms with van der Waals surface area (Å²) in [7, 11) is 0. The standard InChI is InChI=1S/C10H15N3O/c1-7-4-8(2-3-14-7)9-5-13-10(11)6-12-9/h5-8H,2-4H2,1H3,(H2,11,13)/t7-,8-/m0/s1. The highest BCUT2D eigenvalue weighted by molar-refractivity contribution is 5.23. The van der Waals surface area contributed by atoms with E-state index in [0.717, 1.165) is 25.1 Å². The molecule has 0 spiro atoms. The molecule has 2 heterocycles. The van der Waals surface area contributed by atoms with Crippen molar-refractivity contribution in [3.05, 3.63) is 18.1 Å². The lowest BCUT2D eigenvalue weighted by Gasteiger charge is -2.26. The normalized spacial score (nSPS) is 27.5. The molecule has 76 valence electrons. The molecule has 1 fully saturated rings. The molecular weight excluding hydrogens is 178 g/mol. The van der Waals surface area contributed by atoms with E-state index in [4.69, 9.17) is 10.5 Å². The Morgan fingerprint density at radius 1 is 1.43 bits per heavy atom. The molecule has 0 unspecified atom stereocenters. The molecule has 0 bridgehead atoms. The van der Waals surface area contributed by atoms with E-state index in [-0.39, 0.29) is 0 Å². The summed E-state index contributed by atoms with van der Waals surface area (Å²) in [6, 6.07) is 0. The number of ether oxygens (including phenoxy) is 1. The van der Waals surface area contributed by atoms with Crippen molar-refractivity contribution < 1.29 is 4.74 Å². The summed E-state index contributed by atoms with van der Waals surface area (Å²) in [5.74, 6) is 0.959. The van der Waals surface area contributed by atoms with Crippen molar-refractivity contribution in [2.75, 3.05) is 12.3 Å². The van der Waals surface area contributed by atoms with Gasteiger partial charge in [0.05, 0.1) is 24.2 Å². The van der Waals surface area contributed by atoms with Gasteiger partial charge in [-0.1, -0.05) is 0 Å². The molecule has 1 aliphatic rings. The average molecular weight is 193 g/mol. The van der Waals surface area contributed by atoms with Gasteiger partial charge in [0, 0.05) is 12.5 Å². The highest BCUT2D eigenvalue weighted by atomic mass is 16.5. The molecular formula is C10H15N3O. The zero-order valence-corrected chi connectivity index (χ0v) is 8.31. The van der Waals surface area contributed by atoms with Crippen molar-refractivity contribution in [1.82, 2.24) is 9.97 Å². The minimum absolute atomic E-state index is 0.327. The maximum Gasteiger partial charge on any atom is 0.141 e. The Morgan fingerprint density at radius 3 is 2.93 bits per heavy atom. The van der Waals surface area contributed by atoms with Crippen LogP contribution in [-0.4, -0.2) is 22.7 Å². The first-order valence-corrected chi connectivity index (χ1v) is 4.94. The molecule has 1 aliphatic heterocycles. The smallest absolute Gasteiger partial charge is 0.141 e. The maximum atomic E-state index is 5.49. The van der Waals surface area contributed by atoms with Crippen molar-refractivity contribution in [2.45, 2.75) is 31.8 Å². The first-order valence-electron chi connectivity index (χ1n) is 4.94. The number of nitrogens with two attached hydrogens (primary N) is 1. The number of anilines is 1. The molecule has 4 heteroatoms. The number of hydrogen-bond donors (Lipinski definition) is 1. The lowest BCUT2D eigenvalue weighted by Crippen LogP contribution is -2.22. The summed E-state index contributed by atoms with van der Waals surface area (Å²) in [5, 5.41) is 0. The predicted octanol–water partition coefficient (Wildman–Crippen LogP) is 1.34. The first-order chi connectivity index (χ1) is 6.75. The minimum Gasteiger partial charge on any atom is -0.382 e. The van der Waals surface area contributed by atoms with Crippen LogP contribution in [-0.2, 0) is 4.74 Å². The second-order valence-corrected chi connectivity index (χ2v) is 3.77. The molecule has 2 N–H and O–H groups in total. The van der Waals surface area contributed by atoms with Gasteiger partial charge in [-0.15, -0.1) is 0 Å². The number of rotatable bonds is 1.